The van der Waals surface area contributed by atoms with Crippen molar-refractivity contribution in [3.8, 4) is 0 Å². The van der Waals surface area contributed by atoms with Gasteiger partial charge in [-0.15, -0.1) is 6.07 Å². The first-order valence-electron chi connectivity index (χ1n) is 2.95. The van der Waals surface area contributed by atoms with Gasteiger partial charge in [0.2, 0.25) is 0 Å². The molecule has 0 aliphatic carbocycles. The van der Waals surface area contributed by atoms with Gasteiger partial charge in [0, 0.05) is 65.4 Å². The quantitative estimate of drug-likeness (QED) is 0.419. The van der Waals surface area contributed by atoms with Crippen LogP contribution in [0.3, 0.4) is 0 Å². The molecule has 0 atom stereocenters. The van der Waals surface area contributed by atoms with Gasteiger partial charge in [-0.05, 0) is 11.3 Å². The van der Waals surface area contributed by atoms with Gasteiger partial charge in [-0.3, -0.25) is 10.6 Å². The zero-order chi connectivity index (χ0) is 8.27. The first-order chi connectivity index (χ1) is 5.25. The average molecular weight is 329 g/mol. The average Bonchev–Trinajstić information content (AvgIpc) is 2.04. The van der Waals surface area contributed by atoms with Crippen molar-refractivity contribution in [2.24, 2.45) is 5.84 Å². The molecular formula is C7H7N2O2Y2-. The van der Waals surface area contributed by atoms with Crippen molar-refractivity contribution < 1.29 is 75.3 Å². The maximum atomic E-state index is 10.5. The van der Waals surface area contributed by atoms with Crippen LogP contribution in [0.15, 0.2) is 18.2 Å². The molecule has 1 aromatic rings. The number of nitrogen functional groups attached to an aromatic ring is 1. The van der Waals surface area contributed by atoms with Gasteiger partial charge in [0.05, 0.1) is 0 Å². The number of benzene rings is 1. The Morgan fingerprint density at radius 1 is 1.54 bits per heavy atom. The number of nitrogens with one attached hydrogen (secondary N) is 1. The molecule has 0 fully saturated rings. The van der Waals surface area contributed by atoms with Crippen LogP contribution in [0.4, 0.5) is 5.69 Å². The third-order valence-electron chi connectivity index (χ3n) is 1.25. The summed E-state index contributed by atoms with van der Waals surface area (Å²) in [4.78, 5) is 10.5. The monoisotopic (exact) mass is 329 g/mol. The fraction of sp³-hybridized carbons (Fsp3) is 0. The summed E-state index contributed by atoms with van der Waals surface area (Å²) in [5.41, 5.74) is 2.78. The summed E-state index contributed by atoms with van der Waals surface area (Å²) in [6.07, 6.45) is 0. The van der Waals surface area contributed by atoms with Crippen molar-refractivity contribution in [1.82, 2.24) is 0 Å². The Bertz CT molecular complexity index is 281. The van der Waals surface area contributed by atoms with E-state index >= 15 is 0 Å². The Kier molecular flexibility index (Phi) is 9.92. The van der Waals surface area contributed by atoms with E-state index in [0.29, 0.717) is 5.69 Å². The number of hydrogen-bond donors (Lipinski definition) is 3. The predicted octanol–water partition coefficient (Wildman–Crippen LogP) is 0.466. The van der Waals surface area contributed by atoms with E-state index in [0.717, 1.165) is 0 Å². The topological polar surface area (TPSA) is 75.3 Å². The normalized spacial score (nSPS) is 7.77. The molecule has 0 amide bonds. The molecule has 0 aliphatic rings. The maximum Gasteiger partial charge on any atom is 0.280 e. The Labute approximate surface area is 126 Å². The Balaban J connectivity index is 0. The number of hydrogen-bond acceptors (Lipinski definition) is 3. The maximum absolute atomic E-state index is 10.5. The van der Waals surface area contributed by atoms with Crippen molar-refractivity contribution in [2.45, 2.75) is 0 Å². The van der Waals surface area contributed by atoms with Gasteiger partial charge >= 0.3 is 0 Å². The third-order valence-corrected chi connectivity index (χ3v) is 1.25. The number of carboxylic acids is 1. The van der Waals surface area contributed by atoms with Gasteiger partial charge in [0.15, 0.2) is 0 Å². The summed E-state index contributed by atoms with van der Waals surface area (Å²) in [6.45, 7) is 0. The van der Waals surface area contributed by atoms with E-state index in [1.54, 1.807) is 12.1 Å². The number of carboxylic acid groups (broad SMARTS) is 1. The van der Waals surface area contributed by atoms with E-state index in [2.05, 4.69) is 11.5 Å². The summed E-state index contributed by atoms with van der Waals surface area (Å²) >= 11 is 0. The van der Waals surface area contributed by atoms with E-state index < -0.39 is 5.97 Å². The van der Waals surface area contributed by atoms with E-state index in [1.165, 1.54) is 6.07 Å². The molecule has 0 saturated carbocycles. The second kappa shape index (κ2) is 8.01. The van der Waals surface area contributed by atoms with Gasteiger partial charge in [-0.1, -0.05) is 0 Å². The second-order valence-electron chi connectivity index (χ2n) is 1.92. The van der Waals surface area contributed by atoms with Crippen molar-refractivity contribution >= 4 is 11.7 Å². The number of anilines is 1. The Morgan fingerprint density at radius 2 is 2.15 bits per heavy atom. The smallest absolute Gasteiger partial charge is 0.280 e. The molecule has 13 heavy (non-hydrogen) atoms. The number of carbonyl (C=O) groups is 1. The van der Waals surface area contributed by atoms with E-state index in [4.69, 9.17) is 10.9 Å². The molecule has 1 rings (SSSR count). The summed E-state index contributed by atoms with van der Waals surface area (Å²) in [5, 5.41) is 8.58. The minimum absolute atomic E-state index is 0. The Hall–Kier alpha value is 0.658. The summed E-state index contributed by atoms with van der Waals surface area (Å²) in [6, 6.07) is 7.13. The zero-order valence-corrected chi connectivity index (χ0v) is 12.5. The summed E-state index contributed by atoms with van der Waals surface area (Å²) in [5.74, 6) is 4.04. The molecule has 4 nitrogen and oxygen atoms in total. The number of nitrogens with two attached hydrogens (primary N) is 1. The van der Waals surface area contributed by atoms with Crippen LogP contribution < -0.4 is 11.3 Å². The molecule has 1 aromatic carbocycles. The van der Waals surface area contributed by atoms with Gasteiger partial charge in [0.1, 0.15) is 0 Å². The van der Waals surface area contributed by atoms with E-state index in [-0.39, 0.29) is 71.0 Å². The molecule has 0 spiro atoms. The van der Waals surface area contributed by atoms with Crippen LogP contribution in [0.25, 0.3) is 0 Å². The van der Waals surface area contributed by atoms with Crippen molar-refractivity contribution in [3.05, 3.63) is 29.8 Å². The van der Waals surface area contributed by atoms with Crippen LogP contribution in [0, 0.1) is 6.07 Å². The molecule has 64 valence electrons. The molecule has 0 heterocycles. The van der Waals surface area contributed by atoms with Crippen LogP contribution >= 0.6 is 0 Å². The molecule has 6 heteroatoms. The van der Waals surface area contributed by atoms with Crippen LogP contribution in [0.1, 0.15) is 10.4 Å². The van der Waals surface area contributed by atoms with Gasteiger partial charge in [-0.25, -0.2) is 0 Å². The van der Waals surface area contributed by atoms with Crippen molar-refractivity contribution in [3.63, 3.8) is 0 Å². The van der Waals surface area contributed by atoms with E-state index in [9.17, 15) is 4.79 Å². The molecule has 4 N–H and O–H groups in total. The summed E-state index contributed by atoms with van der Waals surface area (Å²) in [7, 11) is 0. The Morgan fingerprint density at radius 3 is 2.54 bits per heavy atom. The minimum Gasteiger partial charge on any atom is -0.487 e. The van der Waals surface area contributed by atoms with Crippen LogP contribution in [-0.4, -0.2) is 11.1 Å². The first-order valence-corrected chi connectivity index (χ1v) is 2.95. The number of aromatic carboxylic acids is 1. The fourth-order valence-corrected chi connectivity index (χ4v) is 0.733. The number of hydrazine groups is 1. The van der Waals surface area contributed by atoms with Gasteiger partial charge in [-0.2, -0.15) is 18.2 Å². The van der Waals surface area contributed by atoms with Crippen molar-refractivity contribution in [1.29, 1.82) is 0 Å². The first kappa shape index (κ1) is 16.1. The molecule has 0 aliphatic heterocycles. The van der Waals surface area contributed by atoms with Crippen LogP contribution in [0.5, 0.6) is 0 Å². The van der Waals surface area contributed by atoms with Crippen molar-refractivity contribution in [2.75, 3.05) is 5.43 Å². The largest absolute Gasteiger partial charge is 0.487 e. The van der Waals surface area contributed by atoms with Gasteiger partial charge < -0.3 is 10.5 Å². The number of rotatable bonds is 2. The van der Waals surface area contributed by atoms with Gasteiger partial charge in [0.25, 0.3) is 5.97 Å². The standard InChI is InChI=1S/C7H7N2O2.2Y/c8-9-6-4-2-1-3-5(6)7(10)11;;/h2-4,9H,8H2,(H,10,11);;/q-1;;. The van der Waals surface area contributed by atoms with Crippen LogP contribution in [-0.2, 0) is 65.4 Å². The molecule has 0 saturated heterocycles. The van der Waals surface area contributed by atoms with Crippen LogP contribution in [0.2, 0.25) is 0 Å². The third kappa shape index (κ3) is 4.61. The molecule has 0 aromatic heterocycles. The fourth-order valence-electron chi connectivity index (χ4n) is 0.733. The zero-order valence-electron chi connectivity index (χ0n) is 6.82. The summed E-state index contributed by atoms with van der Waals surface area (Å²) < 4.78 is 0. The SMILES string of the molecule is NNc1cc[c-]cc1C(=O)O.[Y].[Y]. The molecule has 2 radical (unpaired) electrons. The predicted molar refractivity (Wildman–Crippen MR) is 40.0 cm³/mol. The molecular weight excluding hydrogens is 322 g/mol. The second-order valence-corrected chi connectivity index (χ2v) is 1.92. The van der Waals surface area contributed by atoms with E-state index in [1.807, 2.05) is 0 Å². The molecule has 0 unspecified atom stereocenters. The minimum atomic E-state index is -1.02. The molecule has 0 bridgehead atoms.